The van der Waals surface area contributed by atoms with Crippen LogP contribution in [0.5, 0.6) is 0 Å². The van der Waals surface area contributed by atoms with E-state index in [1.54, 1.807) is 12.4 Å². The van der Waals surface area contributed by atoms with Gasteiger partial charge < -0.3 is 5.32 Å². The van der Waals surface area contributed by atoms with Crippen LogP contribution in [0.1, 0.15) is 21.5 Å². The van der Waals surface area contributed by atoms with Crippen LogP contribution in [0.4, 0.5) is 0 Å². The van der Waals surface area contributed by atoms with E-state index in [4.69, 9.17) is 0 Å². The molecule has 5 nitrogen and oxygen atoms in total. The second kappa shape index (κ2) is 9.49. The number of pyridine rings is 1. The highest BCUT2D eigenvalue weighted by atomic mass is 16.1. The van der Waals surface area contributed by atoms with E-state index in [1.165, 1.54) is 0 Å². The van der Waals surface area contributed by atoms with Gasteiger partial charge in [0.25, 0.3) is 5.91 Å². The van der Waals surface area contributed by atoms with E-state index in [1.807, 2.05) is 53.3 Å². The molecule has 0 bridgehead atoms. The highest BCUT2D eigenvalue weighted by Gasteiger charge is 2.12. The third-order valence-corrected chi connectivity index (χ3v) is 5.74. The van der Waals surface area contributed by atoms with Crippen molar-refractivity contribution in [3.8, 4) is 11.1 Å². The largest absolute Gasteiger partial charge is 0.352 e. The standard InChI is InChI=1S/C28H24N4O/c33-28(30-18-15-24-7-3-6-23-8-4-16-29-27(23)24)26-10-2-1-9-25(26)22-13-11-21(12-14-22)20-32-19-5-17-31-32/h1-14,16-17,19H,15,18,20H2,(H,30,33). The Hall–Kier alpha value is -4.25. The lowest BCUT2D eigenvalue weighted by Gasteiger charge is -2.12. The molecule has 0 atom stereocenters. The summed E-state index contributed by atoms with van der Waals surface area (Å²) in [6.07, 6.45) is 6.26. The zero-order valence-corrected chi connectivity index (χ0v) is 18.2. The molecule has 162 valence electrons. The first kappa shape index (κ1) is 20.6. The van der Waals surface area contributed by atoms with Crippen molar-refractivity contribution >= 4 is 16.8 Å². The van der Waals surface area contributed by atoms with E-state index in [0.29, 0.717) is 12.1 Å². The number of fused-ring (bicyclic) bond motifs is 1. The number of rotatable bonds is 7. The summed E-state index contributed by atoms with van der Waals surface area (Å²) in [7, 11) is 0. The second-order valence-electron chi connectivity index (χ2n) is 7.94. The van der Waals surface area contributed by atoms with E-state index in [9.17, 15) is 4.79 Å². The molecule has 5 rings (SSSR count). The van der Waals surface area contributed by atoms with E-state index >= 15 is 0 Å². The van der Waals surface area contributed by atoms with Crippen molar-refractivity contribution in [2.75, 3.05) is 6.54 Å². The molecule has 0 aliphatic rings. The Balaban J connectivity index is 1.28. The lowest BCUT2D eigenvalue weighted by Crippen LogP contribution is -2.26. The molecule has 0 saturated carbocycles. The molecule has 0 aliphatic carbocycles. The number of hydrogen-bond donors (Lipinski definition) is 1. The minimum Gasteiger partial charge on any atom is -0.352 e. The lowest BCUT2D eigenvalue weighted by molar-refractivity contribution is 0.0955. The maximum absolute atomic E-state index is 13.0. The van der Waals surface area contributed by atoms with Gasteiger partial charge in [0.1, 0.15) is 0 Å². The van der Waals surface area contributed by atoms with Gasteiger partial charge in [0.05, 0.1) is 12.1 Å². The minimum absolute atomic E-state index is 0.0700. The highest BCUT2D eigenvalue weighted by molar-refractivity contribution is 6.00. The van der Waals surface area contributed by atoms with Crippen molar-refractivity contribution in [2.45, 2.75) is 13.0 Å². The Morgan fingerprint density at radius 3 is 2.55 bits per heavy atom. The van der Waals surface area contributed by atoms with Gasteiger partial charge in [-0.25, -0.2) is 0 Å². The van der Waals surface area contributed by atoms with Crippen molar-refractivity contribution < 1.29 is 4.79 Å². The number of nitrogens with one attached hydrogen (secondary N) is 1. The van der Waals surface area contributed by atoms with Gasteiger partial charge in [0, 0.05) is 36.1 Å². The van der Waals surface area contributed by atoms with Crippen molar-refractivity contribution in [2.24, 2.45) is 0 Å². The summed E-state index contributed by atoms with van der Waals surface area (Å²) >= 11 is 0. The van der Waals surface area contributed by atoms with Crippen LogP contribution in [0.25, 0.3) is 22.0 Å². The third kappa shape index (κ3) is 4.67. The minimum atomic E-state index is -0.0700. The first-order chi connectivity index (χ1) is 16.3. The monoisotopic (exact) mass is 432 g/mol. The molecule has 2 aromatic heterocycles. The van der Waals surface area contributed by atoms with Gasteiger partial charge in [-0.1, -0.05) is 66.7 Å². The molecule has 5 aromatic rings. The maximum Gasteiger partial charge on any atom is 0.251 e. The van der Waals surface area contributed by atoms with Crippen molar-refractivity contribution in [1.82, 2.24) is 20.1 Å². The summed E-state index contributed by atoms with van der Waals surface area (Å²) in [6, 6.07) is 28.1. The Morgan fingerprint density at radius 2 is 1.70 bits per heavy atom. The molecular formula is C28H24N4O. The topological polar surface area (TPSA) is 59.8 Å². The fraction of sp³-hybridized carbons (Fsp3) is 0.107. The predicted molar refractivity (Wildman–Crippen MR) is 131 cm³/mol. The van der Waals surface area contributed by atoms with Gasteiger partial charge in [-0.2, -0.15) is 5.10 Å². The van der Waals surface area contributed by atoms with Gasteiger partial charge in [-0.05, 0) is 46.9 Å². The number of nitrogens with zero attached hydrogens (tertiary/aromatic N) is 3. The Kier molecular flexibility index (Phi) is 5.93. The summed E-state index contributed by atoms with van der Waals surface area (Å²) in [5.41, 5.74) is 5.90. The number of carbonyl (C=O) groups is 1. The van der Waals surface area contributed by atoms with Crippen LogP contribution in [0.15, 0.2) is 104 Å². The van der Waals surface area contributed by atoms with Gasteiger partial charge in [-0.15, -0.1) is 0 Å². The predicted octanol–water partition coefficient (Wildman–Crippen LogP) is 5.12. The zero-order valence-electron chi connectivity index (χ0n) is 18.2. The molecule has 1 amide bonds. The molecular weight excluding hydrogens is 408 g/mol. The molecule has 0 unspecified atom stereocenters. The maximum atomic E-state index is 13.0. The molecule has 3 aromatic carbocycles. The lowest BCUT2D eigenvalue weighted by atomic mass is 9.98. The zero-order chi connectivity index (χ0) is 22.5. The second-order valence-corrected chi connectivity index (χ2v) is 7.94. The third-order valence-electron chi connectivity index (χ3n) is 5.74. The van der Waals surface area contributed by atoms with E-state index in [2.05, 4.69) is 57.9 Å². The number of hydrogen-bond acceptors (Lipinski definition) is 3. The Labute approximate surface area is 192 Å². The Morgan fingerprint density at radius 1 is 0.848 bits per heavy atom. The highest BCUT2D eigenvalue weighted by Crippen LogP contribution is 2.24. The first-order valence-corrected chi connectivity index (χ1v) is 11.0. The number of para-hydroxylation sites is 1. The Bertz CT molecular complexity index is 1370. The summed E-state index contributed by atoms with van der Waals surface area (Å²) in [5, 5.41) is 8.46. The van der Waals surface area contributed by atoms with Crippen molar-refractivity contribution in [1.29, 1.82) is 0 Å². The molecule has 0 aliphatic heterocycles. The van der Waals surface area contributed by atoms with Crippen LogP contribution < -0.4 is 5.32 Å². The molecule has 0 spiro atoms. The number of amides is 1. The average molecular weight is 433 g/mol. The van der Waals surface area contributed by atoms with Crippen molar-refractivity contribution in [3.05, 3.63) is 120 Å². The molecule has 0 fully saturated rings. The summed E-state index contributed by atoms with van der Waals surface area (Å²) in [5.74, 6) is -0.0700. The van der Waals surface area contributed by atoms with Gasteiger partial charge >= 0.3 is 0 Å². The number of benzene rings is 3. The van der Waals surface area contributed by atoms with Crippen LogP contribution in [-0.4, -0.2) is 27.2 Å². The quantitative estimate of drug-likeness (QED) is 0.388. The SMILES string of the molecule is O=C(NCCc1cccc2cccnc12)c1ccccc1-c1ccc(Cn2cccn2)cc1. The fourth-order valence-corrected chi connectivity index (χ4v) is 4.08. The van der Waals surface area contributed by atoms with Gasteiger partial charge in [0.15, 0.2) is 0 Å². The van der Waals surface area contributed by atoms with Crippen molar-refractivity contribution in [3.63, 3.8) is 0 Å². The normalized spacial score (nSPS) is 10.9. The number of aromatic nitrogens is 3. The molecule has 0 radical (unpaired) electrons. The molecule has 33 heavy (non-hydrogen) atoms. The van der Waals surface area contributed by atoms with Gasteiger partial charge in [-0.3, -0.25) is 14.5 Å². The van der Waals surface area contributed by atoms with E-state index in [-0.39, 0.29) is 5.91 Å². The van der Waals surface area contributed by atoms with E-state index in [0.717, 1.165) is 46.1 Å². The van der Waals surface area contributed by atoms with Crippen LogP contribution in [-0.2, 0) is 13.0 Å². The molecule has 0 saturated heterocycles. The summed E-state index contributed by atoms with van der Waals surface area (Å²) in [6.45, 7) is 1.27. The van der Waals surface area contributed by atoms with E-state index < -0.39 is 0 Å². The van der Waals surface area contributed by atoms with Crippen LogP contribution in [0.3, 0.4) is 0 Å². The smallest absolute Gasteiger partial charge is 0.251 e. The fourth-order valence-electron chi connectivity index (χ4n) is 4.08. The summed E-state index contributed by atoms with van der Waals surface area (Å²) in [4.78, 5) is 17.5. The van der Waals surface area contributed by atoms with Crippen LogP contribution >= 0.6 is 0 Å². The van der Waals surface area contributed by atoms with Crippen LogP contribution in [0.2, 0.25) is 0 Å². The average Bonchev–Trinajstić information content (AvgIpc) is 3.38. The van der Waals surface area contributed by atoms with Crippen LogP contribution in [0, 0.1) is 0 Å². The molecule has 2 heterocycles. The molecule has 1 N–H and O–H groups in total. The number of carbonyl (C=O) groups excluding carboxylic acids is 1. The molecule has 5 heteroatoms. The summed E-state index contributed by atoms with van der Waals surface area (Å²) < 4.78 is 1.89. The van der Waals surface area contributed by atoms with Gasteiger partial charge in [0.2, 0.25) is 0 Å². The first-order valence-electron chi connectivity index (χ1n) is 11.0.